The number of pyridine rings is 1. The summed E-state index contributed by atoms with van der Waals surface area (Å²) in [5.74, 6) is 1.13. The molecule has 1 aromatic heterocycles. The molecule has 0 aliphatic carbocycles. The minimum atomic E-state index is 0.247. The van der Waals surface area contributed by atoms with E-state index in [-0.39, 0.29) is 6.61 Å². The molecule has 0 fully saturated rings. The summed E-state index contributed by atoms with van der Waals surface area (Å²) >= 11 is 0. The third kappa shape index (κ3) is 2.93. The average molecular weight is 255 g/mol. The molecule has 5 nitrogen and oxygen atoms in total. The third-order valence-corrected chi connectivity index (χ3v) is 2.57. The lowest BCUT2D eigenvalue weighted by molar-refractivity contribution is 0.284. The van der Waals surface area contributed by atoms with E-state index < -0.39 is 0 Å². The van der Waals surface area contributed by atoms with Crippen LogP contribution in [0.2, 0.25) is 0 Å². The monoisotopic (exact) mass is 255 g/mol. The Labute approximate surface area is 111 Å². The van der Waals surface area contributed by atoms with Crippen molar-refractivity contribution >= 4 is 5.69 Å². The van der Waals surface area contributed by atoms with Crippen LogP contribution in [0, 0.1) is 11.3 Å². The minimum absolute atomic E-state index is 0.247. The van der Waals surface area contributed by atoms with Crippen LogP contribution in [0.25, 0.3) is 0 Å². The van der Waals surface area contributed by atoms with E-state index >= 15 is 0 Å². The second-order valence-electron chi connectivity index (χ2n) is 3.82. The molecule has 0 bridgehead atoms. The molecule has 0 unspecified atom stereocenters. The van der Waals surface area contributed by atoms with Crippen molar-refractivity contribution < 1.29 is 9.47 Å². The molecule has 0 atom stereocenters. The Hall–Kier alpha value is -2.74. The summed E-state index contributed by atoms with van der Waals surface area (Å²) in [7, 11) is 1.55. The second kappa shape index (κ2) is 5.74. The van der Waals surface area contributed by atoms with Crippen molar-refractivity contribution in [1.29, 1.82) is 5.26 Å². The van der Waals surface area contributed by atoms with Gasteiger partial charge in [0.15, 0.2) is 11.5 Å². The van der Waals surface area contributed by atoms with Gasteiger partial charge < -0.3 is 15.2 Å². The second-order valence-corrected chi connectivity index (χ2v) is 3.82. The normalized spacial score (nSPS) is 9.68. The maximum absolute atomic E-state index is 8.94. The van der Waals surface area contributed by atoms with Crippen LogP contribution in [-0.2, 0) is 6.61 Å². The number of methoxy groups -OCH3 is 1. The molecule has 5 heteroatoms. The first-order valence-corrected chi connectivity index (χ1v) is 5.65. The lowest BCUT2D eigenvalue weighted by atomic mass is 10.2. The maximum atomic E-state index is 8.94. The summed E-state index contributed by atoms with van der Waals surface area (Å²) < 4.78 is 10.8. The van der Waals surface area contributed by atoms with Crippen LogP contribution >= 0.6 is 0 Å². The molecule has 2 rings (SSSR count). The number of anilines is 1. The van der Waals surface area contributed by atoms with Gasteiger partial charge in [-0.1, -0.05) is 6.07 Å². The highest BCUT2D eigenvalue weighted by molar-refractivity contribution is 5.52. The fraction of sp³-hybridized carbons (Fsp3) is 0.143. The van der Waals surface area contributed by atoms with E-state index in [1.54, 1.807) is 43.6 Å². The topological polar surface area (TPSA) is 81.2 Å². The number of nitrogens with two attached hydrogens (primary N) is 1. The summed E-state index contributed by atoms with van der Waals surface area (Å²) in [5, 5.41) is 8.94. The van der Waals surface area contributed by atoms with Crippen molar-refractivity contribution in [3.8, 4) is 17.6 Å². The number of ether oxygens (including phenoxy) is 2. The molecule has 0 spiro atoms. The summed E-state index contributed by atoms with van der Waals surface area (Å²) in [6, 6.07) is 10.7. The standard InChI is InChI=1S/C14H13N3O2/c1-18-14-7-11(16)4-5-13(14)19-9-10-3-2-6-17-12(10)8-15/h2-7H,9,16H2,1H3. The summed E-state index contributed by atoms with van der Waals surface area (Å²) in [6.07, 6.45) is 1.58. The Morgan fingerprint density at radius 3 is 2.89 bits per heavy atom. The van der Waals surface area contributed by atoms with Crippen LogP contribution in [0.15, 0.2) is 36.5 Å². The van der Waals surface area contributed by atoms with Gasteiger partial charge in [0.1, 0.15) is 18.4 Å². The molecule has 0 amide bonds. The van der Waals surface area contributed by atoms with Gasteiger partial charge in [0.2, 0.25) is 0 Å². The summed E-state index contributed by atoms with van der Waals surface area (Å²) in [4.78, 5) is 3.97. The fourth-order valence-corrected chi connectivity index (χ4v) is 1.61. The van der Waals surface area contributed by atoms with Crippen molar-refractivity contribution in [1.82, 2.24) is 4.98 Å². The Morgan fingerprint density at radius 2 is 2.16 bits per heavy atom. The van der Waals surface area contributed by atoms with Gasteiger partial charge in [-0.25, -0.2) is 4.98 Å². The number of nitriles is 1. The number of nitrogen functional groups attached to an aromatic ring is 1. The highest BCUT2D eigenvalue weighted by Gasteiger charge is 2.07. The molecule has 2 N–H and O–H groups in total. The predicted octanol–water partition coefficient (Wildman–Crippen LogP) is 2.12. The van der Waals surface area contributed by atoms with Gasteiger partial charge in [0, 0.05) is 23.5 Å². The van der Waals surface area contributed by atoms with Crippen LogP contribution in [0.1, 0.15) is 11.3 Å². The van der Waals surface area contributed by atoms with Gasteiger partial charge >= 0.3 is 0 Å². The van der Waals surface area contributed by atoms with E-state index in [9.17, 15) is 0 Å². The smallest absolute Gasteiger partial charge is 0.162 e. The van der Waals surface area contributed by atoms with Gasteiger partial charge in [-0.05, 0) is 18.2 Å². The first kappa shape index (κ1) is 12.7. The molecule has 0 saturated heterocycles. The molecule has 0 aliphatic rings. The Kier molecular flexibility index (Phi) is 3.84. The van der Waals surface area contributed by atoms with Gasteiger partial charge in [-0.2, -0.15) is 5.26 Å². The molecular weight excluding hydrogens is 242 g/mol. The molecule has 96 valence electrons. The molecule has 1 heterocycles. The number of hydrogen-bond acceptors (Lipinski definition) is 5. The van der Waals surface area contributed by atoms with Gasteiger partial charge in [0.25, 0.3) is 0 Å². The van der Waals surface area contributed by atoms with E-state index in [1.165, 1.54) is 0 Å². The zero-order chi connectivity index (χ0) is 13.7. The van der Waals surface area contributed by atoms with Crippen molar-refractivity contribution in [2.24, 2.45) is 0 Å². The highest BCUT2D eigenvalue weighted by Crippen LogP contribution is 2.29. The van der Waals surface area contributed by atoms with E-state index in [0.29, 0.717) is 22.9 Å². The average Bonchev–Trinajstić information content (AvgIpc) is 2.46. The molecule has 0 saturated carbocycles. The van der Waals surface area contributed by atoms with Crippen LogP contribution in [0.4, 0.5) is 5.69 Å². The minimum Gasteiger partial charge on any atom is -0.493 e. The molecule has 0 radical (unpaired) electrons. The zero-order valence-electron chi connectivity index (χ0n) is 10.5. The zero-order valence-corrected chi connectivity index (χ0v) is 10.5. The molecular formula is C14H13N3O2. The number of aromatic nitrogens is 1. The summed E-state index contributed by atoms with van der Waals surface area (Å²) in [5.41, 5.74) is 7.35. The lowest BCUT2D eigenvalue weighted by Gasteiger charge is -2.11. The Bertz CT molecular complexity index is 620. The Balaban J connectivity index is 2.17. The Morgan fingerprint density at radius 1 is 1.32 bits per heavy atom. The number of rotatable bonds is 4. The molecule has 1 aromatic carbocycles. The van der Waals surface area contributed by atoms with Crippen molar-refractivity contribution in [2.75, 3.05) is 12.8 Å². The van der Waals surface area contributed by atoms with E-state index in [4.69, 9.17) is 20.5 Å². The van der Waals surface area contributed by atoms with Crippen LogP contribution in [-0.4, -0.2) is 12.1 Å². The quantitative estimate of drug-likeness (QED) is 0.846. The lowest BCUT2D eigenvalue weighted by Crippen LogP contribution is -2.01. The molecule has 0 aliphatic heterocycles. The van der Waals surface area contributed by atoms with Crippen LogP contribution in [0.5, 0.6) is 11.5 Å². The number of hydrogen-bond donors (Lipinski definition) is 1. The number of nitrogens with zero attached hydrogens (tertiary/aromatic N) is 2. The van der Waals surface area contributed by atoms with Crippen molar-refractivity contribution in [3.05, 3.63) is 47.8 Å². The third-order valence-electron chi connectivity index (χ3n) is 2.57. The van der Waals surface area contributed by atoms with Gasteiger partial charge in [0.05, 0.1) is 7.11 Å². The molecule has 19 heavy (non-hydrogen) atoms. The van der Waals surface area contributed by atoms with Gasteiger partial charge in [-0.15, -0.1) is 0 Å². The highest BCUT2D eigenvalue weighted by atomic mass is 16.5. The predicted molar refractivity (Wildman–Crippen MR) is 70.7 cm³/mol. The first-order chi connectivity index (χ1) is 9.24. The maximum Gasteiger partial charge on any atom is 0.162 e. The van der Waals surface area contributed by atoms with Crippen LogP contribution < -0.4 is 15.2 Å². The van der Waals surface area contributed by atoms with E-state index in [0.717, 1.165) is 5.56 Å². The van der Waals surface area contributed by atoms with Gasteiger partial charge in [-0.3, -0.25) is 0 Å². The number of benzene rings is 1. The first-order valence-electron chi connectivity index (χ1n) is 5.65. The summed E-state index contributed by atoms with van der Waals surface area (Å²) in [6.45, 7) is 0.247. The fourth-order valence-electron chi connectivity index (χ4n) is 1.61. The van der Waals surface area contributed by atoms with Crippen molar-refractivity contribution in [2.45, 2.75) is 6.61 Å². The van der Waals surface area contributed by atoms with E-state index in [1.807, 2.05) is 6.07 Å². The SMILES string of the molecule is COc1cc(N)ccc1OCc1cccnc1C#N. The largest absolute Gasteiger partial charge is 0.493 e. The molecule has 2 aromatic rings. The van der Waals surface area contributed by atoms with Crippen molar-refractivity contribution in [3.63, 3.8) is 0 Å². The van der Waals surface area contributed by atoms with Crippen LogP contribution in [0.3, 0.4) is 0 Å². The van der Waals surface area contributed by atoms with E-state index in [2.05, 4.69) is 4.98 Å².